The van der Waals surface area contributed by atoms with Crippen LogP contribution in [0, 0.1) is 0 Å². The molecule has 90 valence electrons. The first-order chi connectivity index (χ1) is 7.81. The van der Waals surface area contributed by atoms with Gasteiger partial charge in [0.1, 0.15) is 0 Å². The number of rotatable bonds is 5. The van der Waals surface area contributed by atoms with Crippen molar-refractivity contribution in [2.75, 3.05) is 12.8 Å². The van der Waals surface area contributed by atoms with Gasteiger partial charge in [0.25, 0.3) is 0 Å². The first-order valence-corrected chi connectivity index (χ1v) is 6.99. The fourth-order valence-electron chi connectivity index (χ4n) is 2.22. The predicted octanol–water partition coefficient (Wildman–Crippen LogP) is 1.75. The van der Waals surface area contributed by atoms with E-state index >= 15 is 0 Å². The van der Waals surface area contributed by atoms with E-state index in [-0.39, 0.29) is 0 Å². The number of hydrogen-bond donors (Lipinski definition) is 1. The van der Waals surface area contributed by atoms with Crippen molar-refractivity contribution in [1.82, 2.24) is 20.3 Å². The van der Waals surface area contributed by atoms with Crippen LogP contribution in [0.15, 0.2) is 6.20 Å². The van der Waals surface area contributed by atoms with Gasteiger partial charge in [0.2, 0.25) is 0 Å². The van der Waals surface area contributed by atoms with Gasteiger partial charge in [-0.1, -0.05) is 18.1 Å². The van der Waals surface area contributed by atoms with Crippen LogP contribution in [0.25, 0.3) is 0 Å². The third-order valence-electron chi connectivity index (χ3n) is 3.26. The van der Waals surface area contributed by atoms with Gasteiger partial charge in [-0.2, -0.15) is 11.8 Å². The summed E-state index contributed by atoms with van der Waals surface area (Å²) >= 11 is 2.09. The third kappa shape index (κ3) is 2.77. The number of thioether (sulfide) groups is 1. The molecule has 0 spiro atoms. The summed E-state index contributed by atoms with van der Waals surface area (Å²) in [5, 5.41) is 12.1. The van der Waals surface area contributed by atoms with Crippen LogP contribution in [0.5, 0.6) is 0 Å². The highest BCUT2D eigenvalue weighted by atomic mass is 32.2. The number of aryl methyl sites for hydroxylation is 1. The number of nitrogens with one attached hydrogen (secondary N) is 1. The first kappa shape index (κ1) is 11.9. The van der Waals surface area contributed by atoms with Gasteiger partial charge in [0.05, 0.1) is 17.9 Å². The Hall–Kier alpha value is -0.550. The molecule has 1 atom stereocenters. The van der Waals surface area contributed by atoms with Gasteiger partial charge >= 0.3 is 0 Å². The zero-order chi connectivity index (χ0) is 11.4. The minimum Gasteiger partial charge on any atom is -0.311 e. The molecule has 1 aliphatic rings. The number of nitrogens with zero attached hydrogens (tertiary/aromatic N) is 3. The molecule has 0 aliphatic heterocycles. The highest BCUT2D eigenvalue weighted by Crippen LogP contribution is 2.31. The van der Waals surface area contributed by atoms with E-state index in [4.69, 9.17) is 0 Å². The molecule has 0 bridgehead atoms. The van der Waals surface area contributed by atoms with E-state index < -0.39 is 0 Å². The average molecular weight is 240 g/mol. The van der Waals surface area contributed by atoms with E-state index in [0.717, 1.165) is 11.0 Å². The quantitative estimate of drug-likeness (QED) is 0.851. The highest BCUT2D eigenvalue weighted by Gasteiger charge is 2.19. The standard InChI is InChI=1S/C11H20N4S/c1-12-10(11-7-13-14-15(11)2)8-16-9-5-3-4-6-9/h7,9-10,12H,3-6,8H2,1-2H3. The van der Waals surface area contributed by atoms with Crippen molar-refractivity contribution in [3.8, 4) is 0 Å². The molecule has 4 nitrogen and oxygen atoms in total. The average Bonchev–Trinajstić information content (AvgIpc) is 2.92. The third-order valence-corrected chi connectivity index (χ3v) is 4.72. The molecule has 0 saturated heterocycles. The van der Waals surface area contributed by atoms with Crippen LogP contribution in [0.1, 0.15) is 37.4 Å². The Kier molecular flexibility index (Phi) is 4.23. The van der Waals surface area contributed by atoms with Crippen molar-refractivity contribution < 1.29 is 0 Å². The molecule has 1 fully saturated rings. The van der Waals surface area contributed by atoms with Crippen molar-refractivity contribution >= 4 is 11.8 Å². The lowest BCUT2D eigenvalue weighted by atomic mass is 10.2. The van der Waals surface area contributed by atoms with Gasteiger partial charge in [-0.05, 0) is 19.9 Å². The lowest BCUT2D eigenvalue weighted by Crippen LogP contribution is -2.22. The summed E-state index contributed by atoms with van der Waals surface area (Å²) in [5.41, 5.74) is 1.17. The largest absolute Gasteiger partial charge is 0.311 e. The van der Waals surface area contributed by atoms with Gasteiger partial charge in [0, 0.05) is 18.1 Å². The van der Waals surface area contributed by atoms with E-state index in [0.29, 0.717) is 6.04 Å². The molecule has 1 aromatic heterocycles. The monoisotopic (exact) mass is 240 g/mol. The van der Waals surface area contributed by atoms with Crippen LogP contribution < -0.4 is 5.32 Å². The predicted molar refractivity (Wildman–Crippen MR) is 67.5 cm³/mol. The minimum atomic E-state index is 0.366. The molecule has 1 N–H and O–H groups in total. The lowest BCUT2D eigenvalue weighted by Gasteiger charge is -2.17. The van der Waals surface area contributed by atoms with E-state index in [2.05, 4.69) is 27.4 Å². The molecule has 16 heavy (non-hydrogen) atoms. The van der Waals surface area contributed by atoms with Crippen molar-refractivity contribution in [1.29, 1.82) is 0 Å². The topological polar surface area (TPSA) is 42.7 Å². The Labute approximate surface area is 101 Å². The summed E-state index contributed by atoms with van der Waals surface area (Å²) in [5.74, 6) is 1.11. The molecule has 1 unspecified atom stereocenters. The Morgan fingerprint density at radius 2 is 2.31 bits per heavy atom. The molecule has 1 aromatic rings. The summed E-state index contributed by atoms with van der Waals surface area (Å²) in [6.07, 6.45) is 7.47. The Morgan fingerprint density at radius 1 is 1.56 bits per heavy atom. The Bertz CT molecular complexity index is 320. The van der Waals surface area contributed by atoms with Gasteiger partial charge in [0.15, 0.2) is 0 Å². The Balaban J connectivity index is 1.88. The first-order valence-electron chi connectivity index (χ1n) is 5.94. The zero-order valence-corrected chi connectivity index (χ0v) is 10.8. The molecule has 1 saturated carbocycles. The second kappa shape index (κ2) is 5.68. The maximum Gasteiger partial charge on any atom is 0.0761 e. The fraction of sp³-hybridized carbons (Fsp3) is 0.818. The molecule has 0 amide bonds. The van der Waals surface area contributed by atoms with Crippen LogP contribution in [0.2, 0.25) is 0 Å². The molecular weight excluding hydrogens is 220 g/mol. The molecule has 1 aliphatic carbocycles. The van der Waals surface area contributed by atoms with E-state index in [1.54, 1.807) is 0 Å². The van der Waals surface area contributed by atoms with E-state index in [1.165, 1.54) is 31.4 Å². The summed E-state index contributed by atoms with van der Waals surface area (Å²) in [6.45, 7) is 0. The summed E-state index contributed by atoms with van der Waals surface area (Å²) in [4.78, 5) is 0. The molecular formula is C11H20N4S. The SMILES string of the molecule is CNC(CSC1CCCC1)c1cnnn1C. The molecule has 2 rings (SSSR count). The second-order valence-electron chi connectivity index (χ2n) is 4.36. The highest BCUT2D eigenvalue weighted by molar-refractivity contribution is 7.99. The fourth-order valence-corrected chi connectivity index (χ4v) is 3.69. The van der Waals surface area contributed by atoms with Crippen LogP contribution >= 0.6 is 11.8 Å². The number of aromatic nitrogens is 3. The van der Waals surface area contributed by atoms with Crippen LogP contribution in [-0.2, 0) is 7.05 Å². The van der Waals surface area contributed by atoms with Crippen molar-refractivity contribution in [3.05, 3.63) is 11.9 Å². The van der Waals surface area contributed by atoms with Gasteiger partial charge in [-0.15, -0.1) is 5.10 Å². The van der Waals surface area contributed by atoms with Crippen LogP contribution in [0.4, 0.5) is 0 Å². The maximum absolute atomic E-state index is 3.98. The lowest BCUT2D eigenvalue weighted by molar-refractivity contribution is 0.579. The molecule has 0 aromatic carbocycles. The van der Waals surface area contributed by atoms with Crippen molar-refractivity contribution in [3.63, 3.8) is 0 Å². The van der Waals surface area contributed by atoms with Gasteiger partial charge < -0.3 is 5.32 Å². The number of hydrogen-bond acceptors (Lipinski definition) is 4. The zero-order valence-electron chi connectivity index (χ0n) is 10.0. The van der Waals surface area contributed by atoms with Crippen molar-refractivity contribution in [2.45, 2.75) is 37.0 Å². The van der Waals surface area contributed by atoms with Gasteiger partial charge in [-0.25, -0.2) is 0 Å². The summed E-state index contributed by atoms with van der Waals surface area (Å²) < 4.78 is 1.86. The van der Waals surface area contributed by atoms with E-state index in [1.807, 2.05) is 25.0 Å². The van der Waals surface area contributed by atoms with E-state index in [9.17, 15) is 0 Å². The Morgan fingerprint density at radius 3 is 2.88 bits per heavy atom. The normalized spacial score (nSPS) is 19.1. The molecule has 5 heteroatoms. The van der Waals surface area contributed by atoms with Crippen LogP contribution in [-0.4, -0.2) is 33.0 Å². The smallest absolute Gasteiger partial charge is 0.0761 e. The van der Waals surface area contributed by atoms with Gasteiger partial charge in [-0.3, -0.25) is 4.68 Å². The molecule has 1 heterocycles. The summed E-state index contributed by atoms with van der Waals surface area (Å²) in [7, 11) is 3.96. The minimum absolute atomic E-state index is 0.366. The second-order valence-corrected chi connectivity index (χ2v) is 5.70. The maximum atomic E-state index is 3.98. The summed E-state index contributed by atoms with van der Waals surface area (Å²) in [6, 6.07) is 0.366. The van der Waals surface area contributed by atoms with Crippen LogP contribution in [0.3, 0.4) is 0 Å². The van der Waals surface area contributed by atoms with Crippen molar-refractivity contribution in [2.24, 2.45) is 7.05 Å². The molecule has 0 radical (unpaired) electrons.